The zero-order valence-corrected chi connectivity index (χ0v) is 10.9. The van der Waals surface area contributed by atoms with Crippen molar-refractivity contribution in [2.24, 2.45) is 0 Å². The maximum atomic E-state index is 4.50. The van der Waals surface area contributed by atoms with Gasteiger partial charge in [0.1, 0.15) is 4.60 Å². The number of hydrogen-bond acceptors (Lipinski definition) is 3. The number of aromatic nitrogens is 1. The summed E-state index contributed by atoms with van der Waals surface area (Å²) < 4.78 is 0.964. The second-order valence-electron chi connectivity index (χ2n) is 3.85. The van der Waals surface area contributed by atoms with Crippen molar-refractivity contribution in [2.75, 3.05) is 4.90 Å². The second kappa shape index (κ2) is 4.19. The van der Waals surface area contributed by atoms with E-state index in [2.05, 4.69) is 45.0 Å². The zero-order chi connectivity index (χ0) is 10.1. The Balaban J connectivity index is 2.22. The molecular formula is C10H15BrN2S. The summed E-state index contributed by atoms with van der Waals surface area (Å²) in [4.78, 5) is 6.98. The summed E-state index contributed by atoms with van der Waals surface area (Å²) in [5, 5.41) is 3.24. The largest absolute Gasteiger partial charge is 0.342 e. The lowest BCUT2D eigenvalue weighted by Gasteiger charge is -2.27. The zero-order valence-electron chi connectivity index (χ0n) is 8.53. The third kappa shape index (κ3) is 1.82. The molecule has 0 spiro atoms. The predicted molar refractivity (Wildman–Crippen MR) is 65.1 cm³/mol. The normalized spacial score (nSPS) is 27.2. The number of nitrogens with zero attached hydrogens (tertiary/aromatic N) is 2. The fourth-order valence-corrected chi connectivity index (χ4v) is 3.60. The van der Waals surface area contributed by atoms with Crippen molar-refractivity contribution in [3.8, 4) is 0 Å². The molecule has 1 fully saturated rings. The minimum absolute atomic E-state index is 0.651. The predicted octanol–water partition coefficient (Wildman–Crippen LogP) is 3.67. The highest BCUT2D eigenvalue weighted by Gasteiger charge is 2.30. The number of anilines is 1. The van der Waals surface area contributed by atoms with E-state index in [-0.39, 0.29) is 0 Å². The Hall–Kier alpha value is -0.0900. The van der Waals surface area contributed by atoms with E-state index in [9.17, 15) is 0 Å². The van der Waals surface area contributed by atoms with Gasteiger partial charge in [-0.15, -0.1) is 11.3 Å². The average molecular weight is 275 g/mol. The van der Waals surface area contributed by atoms with Crippen molar-refractivity contribution in [2.45, 2.75) is 45.2 Å². The van der Waals surface area contributed by atoms with Gasteiger partial charge in [0, 0.05) is 17.5 Å². The van der Waals surface area contributed by atoms with Gasteiger partial charge in [0.05, 0.1) is 0 Å². The number of hydrogen-bond donors (Lipinski definition) is 0. The van der Waals surface area contributed by atoms with Crippen LogP contribution < -0.4 is 4.90 Å². The monoisotopic (exact) mass is 274 g/mol. The molecule has 1 saturated heterocycles. The molecule has 1 aliphatic rings. The highest BCUT2D eigenvalue weighted by molar-refractivity contribution is 9.10. The number of rotatable bonds is 2. The smallest absolute Gasteiger partial charge is 0.186 e. The molecule has 78 valence electrons. The number of thiazole rings is 1. The highest BCUT2D eigenvalue weighted by Crippen LogP contribution is 2.34. The first-order valence-electron chi connectivity index (χ1n) is 5.11. The summed E-state index contributed by atoms with van der Waals surface area (Å²) in [5.41, 5.74) is 0. The Kier molecular flexibility index (Phi) is 3.12. The lowest BCUT2D eigenvalue weighted by molar-refractivity contribution is 0.626. The lowest BCUT2D eigenvalue weighted by atomic mass is 10.2. The topological polar surface area (TPSA) is 16.1 Å². The molecule has 2 unspecified atom stereocenters. The van der Waals surface area contributed by atoms with Gasteiger partial charge < -0.3 is 4.90 Å². The maximum absolute atomic E-state index is 4.50. The molecule has 4 heteroatoms. The van der Waals surface area contributed by atoms with E-state index < -0.39 is 0 Å². The molecule has 2 atom stereocenters. The van der Waals surface area contributed by atoms with Crippen molar-refractivity contribution in [3.63, 3.8) is 0 Å². The quantitative estimate of drug-likeness (QED) is 0.818. The third-order valence-electron chi connectivity index (χ3n) is 2.94. The summed E-state index contributed by atoms with van der Waals surface area (Å²) in [5.74, 6) is 0. The fourth-order valence-electron chi connectivity index (χ4n) is 2.18. The van der Waals surface area contributed by atoms with Gasteiger partial charge in [0.15, 0.2) is 5.13 Å². The molecule has 1 aromatic rings. The van der Waals surface area contributed by atoms with Gasteiger partial charge in [-0.05, 0) is 42.1 Å². The first-order valence-corrected chi connectivity index (χ1v) is 6.79. The average Bonchev–Trinajstić information content (AvgIpc) is 2.71. The van der Waals surface area contributed by atoms with Crippen LogP contribution in [0.5, 0.6) is 0 Å². The molecule has 0 radical (unpaired) electrons. The highest BCUT2D eigenvalue weighted by atomic mass is 79.9. The van der Waals surface area contributed by atoms with Crippen LogP contribution in [-0.4, -0.2) is 17.1 Å². The molecule has 2 nitrogen and oxygen atoms in total. The Labute approximate surface area is 97.5 Å². The molecule has 2 rings (SSSR count). The molecular weight excluding hydrogens is 260 g/mol. The Morgan fingerprint density at radius 3 is 3.00 bits per heavy atom. The van der Waals surface area contributed by atoms with Gasteiger partial charge in [0.2, 0.25) is 0 Å². The van der Waals surface area contributed by atoms with E-state index in [1.807, 2.05) is 0 Å². The first-order chi connectivity index (χ1) is 6.72. The van der Waals surface area contributed by atoms with Crippen LogP contribution >= 0.6 is 27.3 Å². The van der Waals surface area contributed by atoms with Gasteiger partial charge in [0.25, 0.3) is 0 Å². The minimum atomic E-state index is 0.651. The molecule has 0 aliphatic carbocycles. The SMILES string of the molecule is CCC1CCC(C)N1c1nc(Br)cs1. The molecule has 1 aromatic heterocycles. The fraction of sp³-hybridized carbons (Fsp3) is 0.700. The minimum Gasteiger partial charge on any atom is -0.342 e. The van der Waals surface area contributed by atoms with Crippen LogP contribution in [0, 0.1) is 0 Å². The molecule has 0 bridgehead atoms. The molecule has 2 heterocycles. The van der Waals surface area contributed by atoms with Crippen LogP contribution in [0.2, 0.25) is 0 Å². The Bertz CT molecular complexity index is 313. The van der Waals surface area contributed by atoms with E-state index in [4.69, 9.17) is 0 Å². The Morgan fingerprint density at radius 1 is 1.64 bits per heavy atom. The first kappa shape index (κ1) is 10.4. The second-order valence-corrected chi connectivity index (χ2v) is 5.50. The summed E-state index contributed by atoms with van der Waals surface area (Å²) in [6.45, 7) is 4.56. The van der Waals surface area contributed by atoms with E-state index >= 15 is 0 Å². The third-order valence-corrected chi connectivity index (χ3v) is 4.51. The summed E-state index contributed by atoms with van der Waals surface area (Å²) in [6.07, 6.45) is 3.84. The Morgan fingerprint density at radius 2 is 2.43 bits per heavy atom. The van der Waals surface area contributed by atoms with E-state index in [1.54, 1.807) is 11.3 Å². The van der Waals surface area contributed by atoms with Crippen LogP contribution in [-0.2, 0) is 0 Å². The molecule has 1 aliphatic heterocycles. The summed E-state index contributed by atoms with van der Waals surface area (Å²) >= 11 is 5.15. The van der Waals surface area contributed by atoms with Gasteiger partial charge in [-0.3, -0.25) is 0 Å². The standard InChI is InChI=1S/C10H15BrN2S/c1-3-8-5-4-7(2)13(8)10-12-9(11)6-14-10/h6-8H,3-5H2,1-2H3. The summed E-state index contributed by atoms with van der Waals surface area (Å²) in [7, 11) is 0. The van der Waals surface area contributed by atoms with E-state index in [0.717, 1.165) is 4.60 Å². The molecule has 0 amide bonds. The van der Waals surface area contributed by atoms with Gasteiger partial charge in [-0.2, -0.15) is 0 Å². The van der Waals surface area contributed by atoms with Gasteiger partial charge >= 0.3 is 0 Å². The molecule has 0 N–H and O–H groups in total. The van der Waals surface area contributed by atoms with Gasteiger partial charge in [-0.25, -0.2) is 4.98 Å². The molecule has 14 heavy (non-hydrogen) atoms. The van der Waals surface area contributed by atoms with Crippen LogP contribution in [0.15, 0.2) is 9.98 Å². The van der Waals surface area contributed by atoms with Crippen molar-refractivity contribution >= 4 is 32.4 Å². The van der Waals surface area contributed by atoms with Gasteiger partial charge in [-0.1, -0.05) is 6.92 Å². The molecule has 0 saturated carbocycles. The van der Waals surface area contributed by atoms with Crippen LogP contribution in [0.3, 0.4) is 0 Å². The van der Waals surface area contributed by atoms with E-state index in [1.165, 1.54) is 24.4 Å². The van der Waals surface area contributed by atoms with Crippen LogP contribution in [0.1, 0.15) is 33.1 Å². The van der Waals surface area contributed by atoms with Crippen molar-refractivity contribution in [3.05, 3.63) is 9.98 Å². The van der Waals surface area contributed by atoms with Crippen molar-refractivity contribution in [1.82, 2.24) is 4.98 Å². The van der Waals surface area contributed by atoms with E-state index in [0.29, 0.717) is 12.1 Å². The maximum Gasteiger partial charge on any atom is 0.186 e. The lowest BCUT2D eigenvalue weighted by Crippen LogP contribution is -2.33. The van der Waals surface area contributed by atoms with Crippen molar-refractivity contribution < 1.29 is 0 Å². The number of halogens is 1. The van der Waals surface area contributed by atoms with Crippen molar-refractivity contribution in [1.29, 1.82) is 0 Å². The van der Waals surface area contributed by atoms with Crippen LogP contribution in [0.25, 0.3) is 0 Å². The summed E-state index contributed by atoms with van der Waals surface area (Å²) in [6, 6.07) is 1.35. The van der Waals surface area contributed by atoms with Crippen LogP contribution in [0.4, 0.5) is 5.13 Å². The molecule has 0 aromatic carbocycles.